The van der Waals surface area contributed by atoms with Crippen LogP contribution in [-0.2, 0) is 9.53 Å². The SMILES string of the molecule is COC(C)CNC(=O)N1CCC(C)CC1C(=O)O. The Kier molecular flexibility index (Phi) is 5.40. The molecule has 18 heavy (non-hydrogen) atoms. The van der Waals surface area contributed by atoms with Crippen LogP contribution in [0.2, 0.25) is 0 Å². The zero-order chi connectivity index (χ0) is 13.7. The standard InChI is InChI=1S/C12H22N2O4/c1-8-4-5-14(10(6-8)11(15)16)12(17)13-7-9(2)18-3/h8-10H,4-7H2,1-3H3,(H,13,17)(H,15,16). The summed E-state index contributed by atoms with van der Waals surface area (Å²) in [7, 11) is 1.57. The molecule has 6 heteroatoms. The molecule has 0 saturated carbocycles. The first-order chi connectivity index (χ1) is 8.45. The summed E-state index contributed by atoms with van der Waals surface area (Å²) in [5.41, 5.74) is 0. The van der Waals surface area contributed by atoms with Gasteiger partial charge in [0.2, 0.25) is 0 Å². The molecule has 0 aliphatic carbocycles. The molecule has 1 aliphatic rings. The Bertz CT molecular complexity index is 308. The number of aliphatic carboxylic acids is 1. The topological polar surface area (TPSA) is 78.9 Å². The molecule has 0 aromatic heterocycles. The molecule has 1 rings (SSSR count). The molecule has 0 aromatic carbocycles. The molecule has 1 saturated heterocycles. The zero-order valence-electron chi connectivity index (χ0n) is 11.2. The summed E-state index contributed by atoms with van der Waals surface area (Å²) in [6, 6.07) is -1.04. The van der Waals surface area contributed by atoms with E-state index in [1.807, 2.05) is 13.8 Å². The number of carboxylic acid groups (broad SMARTS) is 1. The summed E-state index contributed by atoms with van der Waals surface area (Å²) >= 11 is 0. The van der Waals surface area contributed by atoms with Crippen molar-refractivity contribution in [1.82, 2.24) is 10.2 Å². The van der Waals surface area contributed by atoms with Crippen molar-refractivity contribution < 1.29 is 19.4 Å². The van der Waals surface area contributed by atoms with E-state index < -0.39 is 12.0 Å². The van der Waals surface area contributed by atoms with Crippen molar-refractivity contribution in [3.8, 4) is 0 Å². The molecular formula is C12H22N2O4. The first-order valence-corrected chi connectivity index (χ1v) is 6.25. The van der Waals surface area contributed by atoms with Gasteiger partial charge in [0.05, 0.1) is 6.10 Å². The van der Waals surface area contributed by atoms with Crippen LogP contribution in [0.15, 0.2) is 0 Å². The highest BCUT2D eigenvalue weighted by atomic mass is 16.5. The number of carbonyl (C=O) groups excluding carboxylic acids is 1. The highest BCUT2D eigenvalue weighted by molar-refractivity contribution is 5.82. The summed E-state index contributed by atoms with van der Waals surface area (Å²) in [6.45, 7) is 4.73. The molecule has 0 radical (unpaired) electrons. The number of nitrogens with one attached hydrogen (secondary N) is 1. The fraction of sp³-hybridized carbons (Fsp3) is 0.833. The van der Waals surface area contributed by atoms with Crippen molar-refractivity contribution in [1.29, 1.82) is 0 Å². The third-order valence-corrected chi connectivity index (χ3v) is 3.35. The van der Waals surface area contributed by atoms with Crippen LogP contribution in [-0.4, -0.2) is 54.4 Å². The molecule has 0 bridgehead atoms. The lowest BCUT2D eigenvalue weighted by Gasteiger charge is -2.36. The number of methoxy groups -OCH3 is 1. The first kappa shape index (κ1) is 14.8. The molecule has 0 spiro atoms. The Morgan fingerprint density at radius 1 is 1.56 bits per heavy atom. The van der Waals surface area contributed by atoms with Crippen LogP contribution in [0, 0.1) is 5.92 Å². The summed E-state index contributed by atoms with van der Waals surface area (Å²) in [5.74, 6) is -0.593. The van der Waals surface area contributed by atoms with Crippen LogP contribution in [0.3, 0.4) is 0 Å². The lowest BCUT2D eigenvalue weighted by molar-refractivity contribution is -0.143. The summed E-state index contributed by atoms with van der Waals surface area (Å²) in [6.07, 6.45) is 1.28. The highest BCUT2D eigenvalue weighted by Crippen LogP contribution is 2.22. The van der Waals surface area contributed by atoms with E-state index in [4.69, 9.17) is 9.84 Å². The summed E-state index contributed by atoms with van der Waals surface area (Å²) in [4.78, 5) is 24.5. The van der Waals surface area contributed by atoms with Gasteiger partial charge in [-0.2, -0.15) is 0 Å². The Morgan fingerprint density at radius 3 is 2.78 bits per heavy atom. The second kappa shape index (κ2) is 6.58. The van der Waals surface area contributed by atoms with E-state index in [0.29, 0.717) is 25.4 Å². The number of hydrogen-bond acceptors (Lipinski definition) is 3. The smallest absolute Gasteiger partial charge is 0.326 e. The molecule has 2 amide bonds. The van der Waals surface area contributed by atoms with Crippen molar-refractivity contribution in [3.63, 3.8) is 0 Å². The number of amides is 2. The van der Waals surface area contributed by atoms with Crippen LogP contribution in [0.4, 0.5) is 4.79 Å². The van der Waals surface area contributed by atoms with Gasteiger partial charge in [0.1, 0.15) is 6.04 Å². The predicted octanol–water partition coefficient (Wildman–Crippen LogP) is 0.916. The summed E-state index contributed by atoms with van der Waals surface area (Å²) in [5, 5.41) is 11.9. The minimum absolute atomic E-state index is 0.0825. The zero-order valence-corrected chi connectivity index (χ0v) is 11.2. The lowest BCUT2D eigenvalue weighted by Crippen LogP contribution is -2.54. The molecule has 104 valence electrons. The Labute approximate surface area is 107 Å². The Morgan fingerprint density at radius 2 is 2.22 bits per heavy atom. The number of rotatable bonds is 4. The van der Waals surface area contributed by atoms with Crippen LogP contribution in [0.25, 0.3) is 0 Å². The van der Waals surface area contributed by atoms with Gasteiger partial charge >= 0.3 is 12.0 Å². The average Bonchev–Trinajstić information content (AvgIpc) is 2.35. The van der Waals surface area contributed by atoms with E-state index in [-0.39, 0.29) is 12.1 Å². The van der Waals surface area contributed by atoms with Crippen molar-refractivity contribution in [2.45, 2.75) is 38.8 Å². The molecule has 3 atom stereocenters. The first-order valence-electron chi connectivity index (χ1n) is 6.25. The van der Waals surface area contributed by atoms with Gasteiger partial charge in [-0.05, 0) is 25.7 Å². The van der Waals surface area contributed by atoms with Crippen molar-refractivity contribution >= 4 is 12.0 Å². The fourth-order valence-corrected chi connectivity index (χ4v) is 2.03. The van der Waals surface area contributed by atoms with Crippen LogP contribution >= 0.6 is 0 Å². The van der Waals surface area contributed by atoms with Gasteiger partial charge in [0.25, 0.3) is 0 Å². The molecule has 2 N–H and O–H groups in total. The molecular weight excluding hydrogens is 236 g/mol. The van der Waals surface area contributed by atoms with Crippen LogP contribution in [0.1, 0.15) is 26.7 Å². The van der Waals surface area contributed by atoms with Gasteiger partial charge in [0.15, 0.2) is 0 Å². The second-order valence-corrected chi connectivity index (χ2v) is 4.91. The van der Waals surface area contributed by atoms with E-state index in [0.717, 1.165) is 6.42 Å². The van der Waals surface area contributed by atoms with Gasteiger partial charge in [-0.1, -0.05) is 6.92 Å². The monoisotopic (exact) mass is 258 g/mol. The maximum atomic E-state index is 11.9. The van der Waals surface area contributed by atoms with Gasteiger partial charge in [-0.3, -0.25) is 0 Å². The van der Waals surface area contributed by atoms with Crippen LogP contribution in [0.5, 0.6) is 0 Å². The Balaban J connectivity index is 2.56. The predicted molar refractivity (Wildman–Crippen MR) is 66.4 cm³/mol. The summed E-state index contributed by atoms with van der Waals surface area (Å²) < 4.78 is 5.03. The number of urea groups is 1. The van der Waals surface area contributed by atoms with E-state index in [2.05, 4.69) is 5.32 Å². The van der Waals surface area contributed by atoms with Crippen LogP contribution < -0.4 is 5.32 Å². The maximum Gasteiger partial charge on any atom is 0.326 e. The minimum atomic E-state index is -0.934. The second-order valence-electron chi connectivity index (χ2n) is 4.91. The molecule has 1 heterocycles. The van der Waals surface area contributed by atoms with Crippen molar-refractivity contribution in [3.05, 3.63) is 0 Å². The van der Waals surface area contributed by atoms with Gasteiger partial charge in [0, 0.05) is 20.2 Å². The molecule has 3 unspecified atom stereocenters. The maximum absolute atomic E-state index is 11.9. The van der Waals surface area contributed by atoms with E-state index in [1.165, 1.54) is 4.90 Å². The quantitative estimate of drug-likeness (QED) is 0.785. The molecule has 0 aromatic rings. The minimum Gasteiger partial charge on any atom is -0.480 e. The highest BCUT2D eigenvalue weighted by Gasteiger charge is 2.34. The van der Waals surface area contributed by atoms with Gasteiger partial charge < -0.3 is 20.1 Å². The van der Waals surface area contributed by atoms with Crippen molar-refractivity contribution in [2.75, 3.05) is 20.2 Å². The largest absolute Gasteiger partial charge is 0.480 e. The Hall–Kier alpha value is -1.30. The number of hydrogen-bond donors (Lipinski definition) is 2. The third kappa shape index (κ3) is 3.87. The lowest BCUT2D eigenvalue weighted by atomic mass is 9.93. The van der Waals surface area contributed by atoms with Gasteiger partial charge in [-0.15, -0.1) is 0 Å². The molecule has 1 aliphatic heterocycles. The number of carboxylic acids is 1. The normalized spacial score (nSPS) is 25.6. The molecule has 6 nitrogen and oxygen atoms in total. The van der Waals surface area contributed by atoms with E-state index in [9.17, 15) is 9.59 Å². The number of piperidine rings is 1. The van der Waals surface area contributed by atoms with Crippen molar-refractivity contribution in [2.24, 2.45) is 5.92 Å². The fourth-order valence-electron chi connectivity index (χ4n) is 2.03. The van der Waals surface area contributed by atoms with Gasteiger partial charge in [-0.25, -0.2) is 9.59 Å². The van der Waals surface area contributed by atoms with E-state index >= 15 is 0 Å². The average molecular weight is 258 g/mol. The van der Waals surface area contributed by atoms with E-state index in [1.54, 1.807) is 7.11 Å². The number of ether oxygens (including phenoxy) is 1. The molecule has 1 fully saturated rings. The number of likely N-dealkylation sites (tertiary alicyclic amines) is 1. The number of carbonyl (C=O) groups is 2. The number of nitrogens with zero attached hydrogens (tertiary/aromatic N) is 1. The third-order valence-electron chi connectivity index (χ3n) is 3.35.